The number of nitrogens with zero attached hydrogens (tertiary/aromatic N) is 2. The molecule has 0 saturated heterocycles. The number of carboxylic acid groups (broad SMARTS) is 1. The zero-order valence-corrected chi connectivity index (χ0v) is 18.5. The van der Waals surface area contributed by atoms with Gasteiger partial charge in [-0.25, -0.2) is 9.97 Å². The molecule has 1 saturated carbocycles. The van der Waals surface area contributed by atoms with E-state index in [1.165, 1.54) is 0 Å². The number of guanidine groups is 1. The molecule has 0 aliphatic heterocycles. The van der Waals surface area contributed by atoms with Crippen LogP contribution in [0, 0.1) is 11.3 Å². The quantitative estimate of drug-likeness (QED) is 0.144. The van der Waals surface area contributed by atoms with Crippen LogP contribution in [-0.2, 0) is 9.53 Å². The molecule has 12 nitrogen and oxygen atoms in total. The summed E-state index contributed by atoms with van der Waals surface area (Å²) in [5.41, 5.74) is 16.4. The number of carbonyl (C=O) groups is 2. The van der Waals surface area contributed by atoms with Crippen molar-refractivity contribution in [2.45, 2.75) is 57.1 Å². The highest BCUT2D eigenvalue weighted by Gasteiger charge is 2.23. The molecule has 1 amide bonds. The predicted octanol–water partition coefficient (Wildman–Crippen LogP) is 0.706. The van der Waals surface area contributed by atoms with Crippen molar-refractivity contribution < 1.29 is 19.4 Å². The second-order valence-electron chi connectivity index (χ2n) is 7.81. The number of carbonyl (C=O) groups excluding carboxylic acids is 1. The second-order valence-corrected chi connectivity index (χ2v) is 8.16. The van der Waals surface area contributed by atoms with E-state index in [1.807, 2.05) is 0 Å². The van der Waals surface area contributed by atoms with Crippen molar-refractivity contribution in [3.8, 4) is 0 Å². The van der Waals surface area contributed by atoms with E-state index < -0.39 is 17.9 Å². The van der Waals surface area contributed by atoms with Gasteiger partial charge < -0.3 is 32.4 Å². The maximum absolute atomic E-state index is 12.2. The SMILES string of the molecule is N=C(NCCCCC1CCC(OC[C@H](N)C(=O)O)CC1)NC(=O)c1nc(Cl)c(N)nc1N. The Morgan fingerprint density at radius 2 is 1.88 bits per heavy atom. The van der Waals surface area contributed by atoms with Gasteiger partial charge in [0.1, 0.15) is 6.04 Å². The highest BCUT2D eigenvalue weighted by molar-refractivity contribution is 6.31. The van der Waals surface area contributed by atoms with Crippen LogP contribution in [0.15, 0.2) is 0 Å². The van der Waals surface area contributed by atoms with Gasteiger partial charge >= 0.3 is 5.97 Å². The summed E-state index contributed by atoms with van der Waals surface area (Å²) in [7, 11) is 0. The maximum Gasteiger partial charge on any atom is 0.322 e. The van der Waals surface area contributed by atoms with Gasteiger partial charge in [0.25, 0.3) is 5.91 Å². The second kappa shape index (κ2) is 12.4. The average molecular weight is 471 g/mol. The first-order chi connectivity index (χ1) is 15.2. The number of aromatic nitrogens is 2. The van der Waals surface area contributed by atoms with Crippen molar-refractivity contribution in [2.75, 3.05) is 24.6 Å². The molecule has 0 spiro atoms. The molecule has 1 aliphatic rings. The van der Waals surface area contributed by atoms with Gasteiger partial charge in [-0.2, -0.15) is 0 Å². The van der Waals surface area contributed by atoms with Crippen LogP contribution < -0.4 is 27.8 Å². The lowest BCUT2D eigenvalue weighted by molar-refractivity contribution is -0.140. The first kappa shape index (κ1) is 25.6. The van der Waals surface area contributed by atoms with Crippen LogP contribution in [0.25, 0.3) is 0 Å². The number of rotatable bonds is 10. The minimum atomic E-state index is -1.05. The van der Waals surface area contributed by atoms with Gasteiger partial charge in [-0.3, -0.25) is 20.3 Å². The van der Waals surface area contributed by atoms with Gasteiger partial charge in [-0.1, -0.05) is 24.4 Å². The number of aliphatic carboxylic acids is 1. The zero-order chi connectivity index (χ0) is 23.7. The normalized spacial score (nSPS) is 19.2. The average Bonchev–Trinajstić information content (AvgIpc) is 2.74. The van der Waals surface area contributed by atoms with Crippen LogP contribution in [0.4, 0.5) is 11.6 Å². The molecule has 0 bridgehead atoms. The number of amides is 1. The lowest BCUT2D eigenvalue weighted by Crippen LogP contribution is -2.41. The van der Waals surface area contributed by atoms with Gasteiger partial charge in [0.15, 0.2) is 28.4 Å². The third kappa shape index (κ3) is 8.09. The van der Waals surface area contributed by atoms with Crippen LogP contribution in [-0.4, -0.2) is 58.2 Å². The molecule has 1 aliphatic carbocycles. The van der Waals surface area contributed by atoms with E-state index in [-0.39, 0.29) is 41.2 Å². The fourth-order valence-electron chi connectivity index (χ4n) is 3.50. The number of carboxylic acids is 1. The smallest absolute Gasteiger partial charge is 0.322 e. The molecule has 10 N–H and O–H groups in total. The molecule has 0 unspecified atom stereocenters. The summed E-state index contributed by atoms with van der Waals surface area (Å²) >= 11 is 5.76. The molecular weight excluding hydrogens is 440 g/mol. The minimum Gasteiger partial charge on any atom is -0.480 e. The molecule has 0 aromatic carbocycles. The number of hydrogen-bond donors (Lipinski definition) is 7. The van der Waals surface area contributed by atoms with Crippen molar-refractivity contribution >= 4 is 41.1 Å². The number of nitrogen functional groups attached to an aromatic ring is 2. The van der Waals surface area contributed by atoms with Gasteiger partial charge in [-0.15, -0.1) is 0 Å². The van der Waals surface area contributed by atoms with Crippen LogP contribution in [0.3, 0.4) is 0 Å². The standard InChI is InChI=1S/C19H31ClN8O4/c20-14-16(23)27-15(22)13(26-14)17(29)28-19(24)25-8-2-1-3-10-4-6-11(7-5-10)32-9-12(21)18(30)31/h10-12H,1-9,21H2,(H,30,31)(H4,22,23,27)(H3,24,25,28,29)/t10?,11?,12-/m0/s1. The van der Waals surface area contributed by atoms with Crippen LogP contribution in [0.1, 0.15) is 55.4 Å². The largest absolute Gasteiger partial charge is 0.480 e. The van der Waals surface area contributed by atoms with Crippen molar-refractivity contribution in [1.82, 2.24) is 20.6 Å². The number of nitrogens with two attached hydrogens (primary N) is 3. The minimum absolute atomic E-state index is 0.0450. The Morgan fingerprint density at radius 3 is 2.53 bits per heavy atom. The molecule has 178 valence electrons. The maximum atomic E-state index is 12.2. The van der Waals surface area contributed by atoms with E-state index in [2.05, 4.69) is 20.6 Å². The monoisotopic (exact) mass is 470 g/mol. The van der Waals surface area contributed by atoms with E-state index in [4.69, 9.17) is 44.1 Å². The fraction of sp³-hybridized carbons (Fsp3) is 0.632. The van der Waals surface area contributed by atoms with Crippen LogP contribution in [0.2, 0.25) is 5.15 Å². The molecule has 2 rings (SSSR count). The molecule has 1 fully saturated rings. The summed E-state index contributed by atoms with van der Waals surface area (Å²) in [5.74, 6) is -1.54. The van der Waals surface area contributed by atoms with E-state index in [0.717, 1.165) is 44.9 Å². The number of ether oxygens (including phenoxy) is 1. The zero-order valence-electron chi connectivity index (χ0n) is 17.8. The molecule has 1 atom stereocenters. The van der Waals surface area contributed by atoms with Crippen LogP contribution in [0.5, 0.6) is 0 Å². The first-order valence-corrected chi connectivity index (χ1v) is 10.9. The third-order valence-corrected chi connectivity index (χ3v) is 5.60. The molecule has 1 heterocycles. The van der Waals surface area contributed by atoms with Gasteiger partial charge in [0.2, 0.25) is 0 Å². The topological polar surface area (TPSA) is 215 Å². The molecular formula is C19H31ClN8O4. The van der Waals surface area contributed by atoms with Gasteiger partial charge in [0.05, 0.1) is 12.7 Å². The lowest BCUT2D eigenvalue weighted by atomic mass is 9.84. The molecule has 1 aromatic rings. The van der Waals surface area contributed by atoms with E-state index in [0.29, 0.717) is 12.5 Å². The molecule has 13 heteroatoms. The first-order valence-electron chi connectivity index (χ1n) is 10.5. The molecule has 1 aromatic heterocycles. The number of nitrogens with one attached hydrogen (secondary N) is 3. The summed E-state index contributed by atoms with van der Waals surface area (Å²) in [5, 5.41) is 21.7. The van der Waals surface area contributed by atoms with E-state index in [1.54, 1.807) is 0 Å². The molecule has 32 heavy (non-hydrogen) atoms. The highest BCUT2D eigenvalue weighted by atomic mass is 35.5. The Kier molecular flexibility index (Phi) is 9.88. The predicted molar refractivity (Wildman–Crippen MR) is 120 cm³/mol. The summed E-state index contributed by atoms with van der Waals surface area (Å²) in [6.45, 7) is 0.581. The summed E-state index contributed by atoms with van der Waals surface area (Å²) in [4.78, 5) is 30.4. The highest BCUT2D eigenvalue weighted by Crippen LogP contribution is 2.29. The number of halogens is 1. The van der Waals surface area contributed by atoms with Crippen molar-refractivity contribution in [3.05, 3.63) is 10.8 Å². The number of unbranched alkanes of at least 4 members (excludes halogenated alkanes) is 1. The third-order valence-electron chi connectivity index (χ3n) is 5.32. The Morgan fingerprint density at radius 1 is 1.19 bits per heavy atom. The van der Waals surface area contributed by atoms with E-state index in [9.17, 15) is 9.59 Å². The Labute approximate surface area is 191 Å². The molecule has 0 radical (unpaired) electrons. The summed E-state index contributed by atoms with van der Waals surface area (Å²) in [6.07, 6.45) is 6.88. The Bertz CT molecular complexity index is 817. The fourth-order valence-corrected chi connectivity index (χ4v) is 3.62. The van der Waals surface area contributed by atoms with Crippen LogP contribution >= 0.6 is 11.6 Å². The number of hydrogen-bond acceptors (Lipinski definition) is 9. The Hall–Kier alpha value is -2.70. The van der Waals surface area contributed by atoms with Gasteiger partial charge in [0, 0.05) is 6.54 Å². The van der Waals surface area contributed by atoms with E-state index >= 15 is 0 Å². The van der Waals surface area contributed by atoms with Crippen molar-refractivity contribution in [1.29, 1.82) is 5.41 Å². The lowest BCUT2D eigenvalue weighted by Gasteiger charge is -2.29. The van der Waals surface area contributed by atoms with Crippen molar-refractivity contribution in [3.63, 3.8) is 0 Å². The number of anilines is 2. The van der Waals surface area contributed by atoms with Crippen molar-refractivity contribution in [2.24, 2.45) is 11.7 Å². The van der Waals surface area contributed by atoms with Gasteiger partial charge in [-0.05, 0) is 38.0 Å². The summed E-state index contributed by atoms with van der Waals surface area (Å²) in [6, 6.07) is -0.974. The Balaban J connectivity index is 1.57. The summed E-state index contributed by atoms with van der Waals surface area (Å²) < 4.78 is 5.60.